The lowest BCUT2D eigenvalue weighted by Gasteiger charge is -2.44. The van der Waals surface area contributed by atoms with Crippen molar-refractivity contribution in [3.8, 4) is 0 Å². The van der Waals surface area contributed by atoms with E-state index in [1.54, 1.807) is 7.11 Å². The summed E-state index contributed by atoms with van der Waals surface area (Å²) in [6.07, 6.45) is 7.51. The van der Waals surface area contributed by atoms with Crippen molar-refractivity contribution in [2.45, 2.75) is 63.6 Å². The van der Waals surface area contributed by atoms with E-state index in [1.165, 1.54) is 19.3 Å². The summed E-state index contributed by atoms with van der Waals surface area (Å²) in [7, 11) is 1.72. The molecule has 1 unspecified atom stereocenters. The monoisotopic (exact) mass is 186 g/mol. The number of methoxy groups -OCH3 is 1. The highest BCUT2D eigenvalue weighted by Gasteiger charge is 2.43. The van der Waals surface area contributed by atoms with Crippen molar-refractivity contribution < 1.29 is 9.84 Å². The van der Waals surface area contributed by atoms with Gasteiger partial charge in [0.05, 0.1) is 11.7 Å². The molecule has 1 saturated carbocycles. The second-order valence-corrected chi connectivity index (χ2v) is 4.13. The minimum absolute atomic E-state index is 0.173. The van der Waals surface area contributed by atoms with Gasteiger partial charge in [0.2, 0.25) is 0 Å². The lowest BCUT2D eigenvalue weighted by Crippen LogP contribution is -2.49. The molecule has 1 N–H and O–H groups in total. The molecule has 1 fully saturated rings. The number of hydrogen-bond acceptors (Lipinski definition) is 2. The van der Waals surface area contributed by atoms with Crippen LogP contribution in [0.25, 0.3) is 0 Å². The Kier molecular flexibility index (Phi) is 4.20. The molecule has 1 rings (SSSR count). The number of unbranched alkanes of at least 4 members (excludes halogenated alkanes) is 2. The van der Waals surface area contributed by atoms with Crippen LogP contribution in [0.4, 0.5) is 0 Å². The molecule has 1 aliphatic rings. The first-order valence-corrected chi connectivity index (χ1v) is 5.48. The number of hydrogen-bond donors (Lipinski definition) is 1. The van der Waals surface area contributed by atoms with E-state index in [4.69, 9.17) is 4.74 Å². The Morgan fingerprint density at radius 2 is 2.08 bits per heavy atom. The highest BCUT2D eigenvalue weighted by atomic mass is 16.5. The van der Waals surface area contributed by atoms with E-state index >= 15 is 0 Å². The van der Waals surface area contributed by atoms with E-state index in [0.29, 0.717) is 0 Å². The summed E-state index contributed by atoms with van der Waals surface area (Å²) >= 11 is 0. The van der Waals surface area contributed by atoms with Crippen LogP contribution in [0.1, 0.15) is 51.9 Å². The summed E-state index contributed by atoms with van der Waals surface area (Å²) in [4.78, 5) is 0. The van der Waals surface area contributed by atoms with E-state index in [2.05, 4.69) is 6.92 Å². The van der Waals surface area contributed by atoms with Gasteiger partial charge < -0.3 is 9.84 Å². The first-order chi connectivity index (χ1) is 6.25. The molecule has 0 aromatic carbocycles. The molecule has 0 aromatic heterocycles. The number of ether oxygens (including phenoxy) is 1. The topological polar surface area (TPSA) is 29.5 Å². The third-order valence-electron chi connectivity index (χ3n) is 3.29. The van der Waals surface area contributed by atoms with Crippen molar-refractivity contribution >= 4 is 0 Å². The maximum Gasteiger partial charge on any atom is 0.0936 e. The number of rotatable bonds is 6. The summed E-state index contributed by atoms with van der Waals surface area (Å²) in [5, 5.41) is 9.92. The van der Waals surface area contributed by atoms with E-state index in [0.717, 1.165) is 25.7 Å². The predicted octanol–water partition coefficient (Wildman–Crippen LogP) is 2.50. The fourth-order valence-corrected chi connectivity index (χ4v) is 2.05. The molecule has 2 nitrogen and oxygen atoms in total. The van der Waals surface area contributed by atoms with Crippen molar-refractivity contribution in [2.24, 2.45) is 0 Å². The zero-order chi connectivity index (χ0) is 9.73. The fourth-order valence-electron chi connectivity index (χ4n) is 2.05. The SMILES string of the molecule is CCCCCC(O)C1(OC)CCC1. The quantitative estimate of drug-likeness (QED) is 0.646. The molecular formula is C11H22O2. The van der Waals surface area contributed by atoms with Crippen molar-refractivity contribution in [1.82, 2.24) is 0 Å². The van der Waals surface area contributed by atoms with E-state index in [1.807, 2.05) is 0 Å². The smallest absolute Gasteiger partial charge is 0.0936 e. The Balaban J connectivity index is 2.24. The molecule has 0 saturated heterocycles. The van der Waals surface area contributed by atoms with Crippen molar-refractivity contribution in [1.29, 1.82) is 0 Å². The molecule has 1 atom stereocenters. The molecule has 0 bridgehead atoms. The summed E-state index contributed by atoms with van der Waals surface area (Å²) in [5.74, 6) is 0. The van der Waals surface area contributed by atoms with Crippen LogP contribution < -0.4 is 0 Å². The minimum atomic E-state index is -0.238. The third-order valence-corrected chi connectivity index (χ3v) is 3.29. The molecule has 78 valence electrons. The first kappa shape index (κ1) is 11.0. The van der Waals surface area contributed by atoms with Crippen LogP contribution in [0.5, 0.6) is 0 Å². The minimum Gasteiger partial charge on any atom is -0.390 e. The number of aliphatic hydroxyl groups excluding tert-OH is 1. The second kappa shape index (κ2) is 4.97. The van der Waals surface area contributed by atoms with Gasteiger partial charge in [-0.15, -0.1) is 0 Å². The van der Waals surface area contributed by atoms with Gasteiger partial charge in [0.15, 0.2) is 0 Å². The van der Waals surface area contributed by atoms with Gasteiger partial charge in [0.25, 0.3) is 0 Å². The average Bonchev–Trinajstić information content (AvgIpc) is 2.04. The fraction of sp³-hybridized carbons (Fsp3) is 1.00. The molecule has 0 aromatic rings. The first-order valence-electron chi connectivity index (χ1n) is 5.48. The Labute approximate surface area is 81.3 Å². The van der Waals surface area contributed by atoms with Crippen LogP contribution in [-0.4, -0.2) is 23.9 Å². The molecular weight excluding hydrogens is 164 g/mol. The molecule has 0 heterocycles. The van der Waals surface area contributed by atoms with E-state index < -0.39 is 0 Å². The maximum absolute atomic E-state index is 9.92. The summed E-state index contributed by atoms with van der Waals surface area (Å²) in [6, 6.07) is 0. The van der Waals surface area contributed by atoms with Crippen molar-refractivity contribution in [3.63, 3.8) is 0 Å². The van der Waals surface area contributed by atoms with E-state index in [9.17, 15) is 5.11 Å². The van der Waals surface area contributed by atoms with E-state index in [-0.39, 0.29) is 11.7 Å². The summed E-state index contributed by atoms with van der Waals surface area (Å²) in [5.41, 5.74) is -0.173. The Bertz CT molecular complexity index is 136. The van der Waals surface area contributed by atoms with Gasteiger partial charge in [-0.2, -0.15) is 0 Å². The van der Waals surface area contributed by atoms with Crippen molar-refractivity contribution in [3.05, 3.63) is 0 Å². The van der Waals surface area contributed by atoms with Crippen LogP contribution >= 0.6 is 0 Å². The lowest BCUT2D eigenvalue weighted by molar-refractivity contribution is -0.151. The van der Waals surface area contributed by atoms with Gasteiger partial charge in [-0.1, -0.05) is 26.2 Å². The lowest BCUT2D eigenvalue weighted by atomic mass is 9.74. The Morgan fingerprint density at radius 1 is 1.38 bits per heavy atom. The van der Waals surface area contributed by atoms with Crippen LogP contribution in [0.2, 0.25) is 0 Å². The highest BCUT2D eigenvalue weighted by Crippen LogP contribution is 2.39. The molecule has 0 amide bonds. The largest absolute Gasteiger partial charge is 0.390 e. The zero-order valence-corrected chi connectivity index (χ0v) is 8.88. The van der Waals surface area contributed by atoms with Gasteiger partial charge in [0, 0.05) is 7.11 Å². The molecule has 13 heavy (non-hydrogen) atoms. The third kappa shape index (κ3) is 2.44. The zero-order valence-electron chi connectivity index (χ0n) is 8.88. The molecule has 2 heteroatoms. The second-order valence-electron chi connectivity index (χ2n) is 4.13. The Hall–Kier alpha value is -0.0800. The summed E-state index contributed by atoms with van der Waals surface area (Å²) < 4.78 is 5.42. The van der Waals surface area contributed by atoms with Crippen LogP contribution in [0.15, 0.2) is 0 Å². The van der Waals surface area contributed by atoms with Crippen LogP contribution in [0.3, 0.4) is 0 Å². The van der Waals surface area contributed by atoms with Crippen LogP contribution in [0, 0.1) is 0 Å². The van der Waals surface area contributed by atoms with Gasteiger partial charge in [-0.05, 0) is 25.7 Å². The number of aliphatic hydroxyl groups is 1. The molecule has 0 spiro atoms. The molecule has 1 aliphatic carbocycles. The molecule has 0 aliphatic heterocycles. The van der Waals surface area contributed by atoms with Gasteiger partial charge in [-0.3, -0.25) is 0 Å². The average molecular weight is 186 g/mol. The van der Waals surface area contributed by atoms with Crippen molar-refractivity contribution in [2.75, 3.05) is 7.11 Å². The Morgan fingerprint density at radius 3 is 2.46 bits per heavy atom. The predicted molar refractivity (Wildman–Crippen MR) is 53.7 cm³/mol. The summed E-state index contributed by atoms with van der Waals surface area (Å²) in [6.45, 7) is 2.18. The van der Waals surface area contributed by atoms with Gasteiger partial charge >= 0.3 is 0 Å². The molecule has 0 radical (unpaired) electrons. The maximum atomic E-state index is 9.92. The van der Waals surface area contributed by atoms with Gasteiger partial charge in [0.1, 0.15) is 0 Å². The highest BCUT2D eigenvalue weighted by molar-refractivity contribution is 4.95. The van der Waals surface area contributed by atoms with Gasteiger partial charge in [-0.25, -0.2) is 0 Å². The van der Waals surface area contributed by atoms with Crippen LogP contribution in [-0.2, 0) is 4.74 Å². The normalized spacial score (nSPS) is 22.4. The standard InChI is InChI=1S/C11H22O2/c1-3-4-5-7-10(12)11(13-2)8-6-9-11/h10,12H,3-9H2,1-2H3.